The van der Waals surface area contributed by atoms with Gasteiger partial charge in [0.25, 0.3) is 0 Å². The molecule has 1 aromatic carbocycles. The molecule has 0 saturated heterocycles. The van der Waals surface area contributed by atoms with Crippen molar-refractivity contribution >= 4 is 5.82 Å². The van der Waals surface area contributed by atoms with E-state index in [9.17, 15) is 4.39 Å². The fourth-order valence-electron chi connectivity index (χ4n) is 1.89. The Labute approximate surface area is 118 Å². The Kier molecular flexibility index (Phi) is 4.93. The summed E-state index contributed by atoms with van der Waals surface area (Å²) < 4.78 is 18.9. The first-order valence-corrected chi connectivity index (χ1v) is 6.80. The molecule has 4 heteroatoms. The molecular weight excluding hydrogens is 255 g/mol. The third kappa shape index (κ3) is 3.70. The first kappa shape index (κ1) is 14.3. The molecular formula is C16H19FN2O. The average molecular weight is 274 g/mol. The van der Waals surface area contributed by atoms with Crippen LogP contribution in [0.25, 0.3) is 0 Å². The van der Waals surface area contributed by atoms with Crippen molar-refractivity contribution in [2.45, 2.75) is 26.3 Å². The molecule has 3 nitrogen and oxygen atoms in total. The zero-order chi connectivity index (χ0) is 14.4. The van der Waals surface area contributed by atoms with Gasteiger partial charge in [-0.1, -0.05) is 19.1 Å². The maximum Gasteiger partial charge on any atom is 0.169 e. The molecule has 20 heavy (non-hydrogen) atoms. The number of nitrogens with one attached hydrogen (secondary N) is 1. The molecule has 0 bridgehead atoms. The Hall–Kier alpha value is -2.10. The largest absolute Gasteiger partial charge is 0.490 e. The summed E-state index contributed by atoms with van der Waals surface area (Å²) in [5.74, 6) is 1.16. The highest BCUT2D eigenvalue weighted by Crippen LogP contribution is 2.26. The number of nitrogens with zero attached hydrogens (tertiary/aromatic N) is 1. The van der Waals surface area contributed by atoms with Crippen molar-refractivity contribution in [1.82, 2.24) is 4.98 Å². The molecule has 0 amide bonds. The maximum absolute atomic E-state index is 13.2. The molecule has 0 spiro atoms. The van der Waals surface area contributed by atoms with Gasteiger partial charge in [-0.2, -0.15) is 0 Å². The number of pyridine rings is 1. The van der Waals surface area contributed by atoms with E-state index in [1.54, 1.807) is 12.3 Å². The topological polar surface area (TPSA) is 34.1 Å². The maximum atomic E-state index is 13.2. The monoisotopic (exact) mass is 274 g/mol. The van der Waals surface area contributed by atoms with Crippen molar-refractivity contribution in [3.8, 4) is 5.75 Å². The Morgan fingerprint density at radius 3 is 2.90 bits per heavy atom. The minimum absolute atomic E-state index is 0.0513. The van der Waals surface area contributed by atoms with Gasteiger partial charge in [0.15, 0.2) is 11.6 Å². The summed E-state index contributed by atoms with van der Waals surface area (Å²) in [6, 6.07) is 10.2. The van der Waals surface area contributed by atoms with Crippen LogP contribution in [0.5, 0.6) is 5.75 Å². The van der Waals surface area contributed by atoms with Crippen LogP contribution in [0.2, 0.25) is 0 Å². The second kappa shape index (κ2) is 6.89. The van der Waals surface area contributed by atoms with E-state index in [1.807, 2.05) is 25.1 Å². The Balaban J connectivity index is 2.13. The first-order chi connectivity index (χ1) is 9.70. The normalized spacial score (nSPS) is 11.9. The molecule has 0 fully saturated rings. The van der Waals surface area contributed by atoms with Gasteiger partial charge >= 0.3 is 0 Å². The van der Waals surface area contributed by atoms with E-state index < -0.39 is 0 Å². The summed E-state index contributed by atoms with van der Waals surface area (Å²) in [5.41, 5.74) is 0.872. The quantitative estimate of drug-likeness (QED) is 0.858. The van der Waals surface area contributed by atoms with Gasteiger partial charge in [0, 0.05) is 6.20 Å². The van der Waals surface area contributed by atoms with Crippen LogP contribution in [-0.4, -0.2) is 11.6 Å². The number of anilines is 1. The number of hydrogen-bond donors (Lipinski definition) is 1. The van der Waals surface area contributed by atoms with Crippen molar-refractivity contribution in [3.63, 3.8) is 0 Å². The van der Waals surface area contributed by atoms with Gasteiger partial charge in [-0.3, -0.25) is 0 Å². The summed E-state index contributed by atoms with van der Waals surface area (Å²) >= 11 is 0. The smallest absolute Gasteiger partial charge is 0.169 e. The number of aromatic nitrogens is 1. The van der Waals surface area contributed by atoms with Gasteiger partial charge in [-0.05, 0) is 43.2 Å². The minimum atomic E-state index is -0.236. The van der Waals surface area contributed by atoms with E-state index in [0.29, 0.717) is 12.4 Å². The number of benzene rings is 1. The molecule has 0 radical (unpaired) electrons. The lowest BCUT2D eigenvalue weighted by molar-refractivity contribution is 0.317. The Morgan fingerprint density at radius 2 is 2.15 bits per heavy atom. The highest BCUT2D eigenvalue weighted by molar-refractivity contribution is 5.51. The summed E-state index contributed by atoms with van der Waals surface area (Å²) in [5, 5.41) is 3.26. The molecule has 0 aliphatic heterocycles. The summed E-state index contributed by atoms with van der Waals surface area (Å²) in [7, 11) is 0. The number of hydrogen-bond acceptors (Lipinski definition) is 3. The fraction of sp³-hybridized carbons (Fsp3) is 0.312. The molecule has 0 saturated carbocycles. The predicted molar refractivity (Wildman–Crippen MR) is 78.5 cm³/mol. The van der Waals surface area contributed by atoms with Crippen molar-refractivity contribution in [2.24, 2.45) is 0 Å². The summed E-state index contributed by atoms with van der Waals surface area (Å²) in [4.78, 5) is 4.29. The van der Waals surface area contributed by atoms with Crippen LogP contribution < -0.4 is 10.1 Å². The predicted octanol–water partition coefficient (Wildman–Crippen LogP) is 4.18. The second-order valence-electron chi connectivity index (χ2n) is 4.62. The van der Waals surface area contributed by atoms with Crippen LogP contribution in [0.1, 0.15) is 31.9 Å². The van der Waals surface area contributed by atoms with Crippen molar-refractivity contribution in [2.75, 3.05) is 11.9 Å². The van der Waals surface area contributed by atoms with Crippen molar-refractivity contribution in [3.05, 3.63) is 54.0 Å². The highest BCUT2D eigenvalue weighted by atomic mass is 19.1. The zero-order valence-corrected chi connectivity index (χ0v) is 11.8. The third-order valence-corrected chi connectivity index (χ3v) is 2.93. The van der Waals surface area contributed by atoms with Gasteiger partial charge in [0.05, 0.1) is 12.6 Å². The van der Waals surface area contributed by atoms with E-state index in [4.69, 9.17) is 4.74 Å². The lowest BCUT2D eigenvalue weighted by atomic mass is 10.1. The SMILES string of the molecule is CCCOc1cccnc1NC(C)c1cccc(F)c1. The molecule has 106 valence electrons. The highest BCUT2D eigenvalue weighted by Gasteiger charge is 2.10. The molecule has 1 heterocycles. The van der Waals surface area contributed by atoms with Gasteiger partial charge in [0.2, 0.25) is 0 Å². The summed E-state index contributed by atoms with van der Waals surface area (Å²) in [6.45, 7) is 4.67. The van der Waals surface area contributed by atoms with Crippen LogP contribution >= 0.6 is 0 Å². The Morgan fingerprint density at radius 1 is 1.30 bits per heavy atom. The number of halogens is 1. The molecule has 1 N–H and O–H groups in total. The van der Waals surface area contributed by atoms with Crippen molar-refractivity contribution < 1.29 is 9.13 Å². The van der Waals surface area contributed by atoms with Gasteiger partial charge in [-0.15, -0.1) is 0 Å². The molecule has 1 unspecified atom stereocenters. The van der Waals surface area contributed by atoms with E-state index in [0.717, 1.165) is 17.7 Å². The fourth-order valence-corrected chi connectivity index (χ4v) is 1.89. The lowest BCUT2D eigenvalue weighted by Crippen LogP contribution is -2.10. The van der Waals surface area contributed by atoms with Crippen LogP contribution in [0, 0.1) is 5.82 Å². The minimum Gasteiger partial charge on any atom is -0.490 e. The van der Waals surface area contributed by atoms with Crippen LogP contribution in [-0.2, 0) is 0 Å². The van der Waals surface area contributed by atoms with E-state index in [-0.39, 0.29) is 11.9 Å². The lowest BCUT2D eigenvalue weighted by Gasteiger charge is -2.17. The third-order valence-electron chi connectivity index (χ3n) is 2.93. The number of rotatable bonds is 6. The molecule has 0 aliphatic carbocycles. The van der Waals surface area contributed by atoms with Crippen LogP contribution in [0.4, 0.5) is 10.2 Å². The van der Waals surface area contributed by atoms with Gasteiger partial charge < -0.3 is 10.1 Å². The van der Waals surface area contributed by atoms with E-state index >= 15 is 0 Å². The first-order valence-electron chi connectivity index (χ1n) is 6.80. The molecule has 1 aromatic heterocycles. The van der Waals surface area contributed by atoms with Crippen LogP contribution in [0.3, 0.4) is 0 Å². The molecule has 2 rings (SSSR count). The molecule has 2 aromatic rings. The van der Waals surface area contributed by atoms with Crippen LogP contribution in [0.15, 0.2) is 42.6 Å². The number of ether oxygens (including phenoxy) is 1. The van der Waals surface area contributed by atoms with Gasteiger partial charge in [0.1, 0.15) is 5.82 Å². The van der Waals surface area contributed by atoms with E-state index in [2.05, 4.69) is 17.2 Å². The van der Waals surface area contributed by atoms with Crippen molar-refractivity contribution in [1.29, 1.82) is 0 Å². The zero-order valence-electron chi connectivity index (χ0n) is 11.8. The molecule has 1 atom stereocenters. The van der Waals surface area contributed by atoms with E-state index in [1.165, 1.54) is 12.1 Å². The standard InChI is InChI=1S/C16H19FN2O/c1-3-10-20-15-8-5-9-18-16(15)19-12(2)13-6-4-7-14(17)11-13/h4-9,11-12H,3,10H2,1-2H3,(H,18,19). The Bertz CT molecular complexity index is 560. The molecule has 0 aliphatic rings. The second-order valence-corrected chi connectivity index (χ2v) is 4.62. The average Bonchev–Trinajstić information content (AvgIpc) is 2.46. The summed E-state index contributed by atoms with van der Waals surface area (Å²) in [6.07, 6.45) is 2.65. The van der Waals surface area contributed by atoms with Gasteiger partial charge in [-0.25, -0.2) is 9.37 Å².